The van der Waals surface area contributed by atoms with Gasteiger partial charge in [-0.3, -0.25) is 4.57 Å². The lowest BCUT2D eigenvalue weighted by molar-refractivity contribution is 0.621. The number of aromatic nitrogens is 2. The van der Waals surface area contributed by atoms with Crippen molar-refractivity contribution < 1.29 is 4.39 Å². The van der Waals surface area contributed by atoms with Gasteiger partial charge in [0.15, 0.2) is 0 Å². The SMILES string of the molecule is Cc1cn(-c2ccccc2)c(Nc2ccc(F)c(Br)c2)n1. The van der Waals surface area contributed by atoms with E-state index in [0.717, 1.165) is 17.1 Å². The summed E-state index contributed by atoms with van der Waals surface area (Å²) in [6.45, 7) is 1.94. The number of benzene rings is 2. The third kappa shape index (κ3) is 2.97. The van der Waals surface area contributed by atoms with E-state index in [1.165, 1.54) is 6.07 Å². The van der Waals surface area contributed by atoms with Gasteiger partial charge in [0.1, 0.15) is 5.82 Å². The number of halogens is 2. The van der Waals surface area contributed by atoms with Crippen LogP contribution in [0.5, 0.6) is 0 Å². The van der Waals surface area contributed by atoms with E-state index in [1.807, 2.05) is 48.0 Å². The Bertz CT molecular complexity index is 768. The van der Waals surface area contributed by atoms with Crippen LogP contribution in [0.4, 0.5) is 16.0 Å². The minimum absolute atomic E-state index is 0.289. The Kier molecular flexibility index (Phi) is 3.75. The van der Waals surface area contributed by atoms with Crippen LogP contribution in [0.25, 0.3) is 5.69 Å². The zero-order chi connectivity index (χ0) is 14.8. The maximum atomic E-state index is 13.3. The molecule has 1 N–H and O–H groups in total. The highest BCUT2D eigenvalue weighted by molar-refractivity contribution is 9.10. The van der Waals surface area contributed by atoms with Crippen molar-refractivity contribution in [1.82, 2.24) is 9.55 Å². The van der Waals surface area contributed by atoms with Gasteiger partial charge in [-0.05, 0) is 53.2 Å². The van der Waals surface area contributed by atoms with Crippen LogP contribution >= 0.6 is 15.9 Å². The Labute approximate surface area is 130 Å². The van der Waals surface area contributed by atoms with E-state index in [-0.39, 0.29) is 5.82 Å². The molecule has 0 aliphatic heterocycles. The van der Waals surface area contributed by atoms with Gasteiger partial charge in [0.2, 0.25) is 5.95 Å². The van der Waals surface area contributed by atoms with Crippen LogP contribution in [0.3, 0.4) is 0 Å². The minimum atomic E-state index is -0.289. The van der Waals surface area contributed by atoms with Gasteiger partial charge >= 0.3 is 0 Å². The molecule has 106 valence electrons. The number of nitrogens with zero attached hydrogens (tertiary/aromatic N) is 2. The highest BCUT2D eigenvalue weighted by Gasteiger charge is 2.08. The van der Waals surface area contributed by atoms with Crippen molar-refractivity contribution in [2.24, 2.45) is 0 Å². The van der Waals surface area contributed by atoms with Crippen molar-refractivity contribution in [1.29, 1.82) is 0 Å². The highest BCUT2D eigenvalue weighted by atomic mass is 79.9. The zero-order valence-corrected chi connectivity index (χ0v) is 12.9. The first-order chi connectivity index (χ1) is 10.1. The second-order valence-corrected chi connectivity index (χ2v) is 5.52. The summed E-state index contributed by atoms with van der Waals surface area (Å²) < 4.78 is 15.7. The third-order valence-electron chi connectivity index (χ3n) is 3.04. The number of anilines is 2. The number of para-hydroxylation sites is 1. The second-order valence-electron chi connectivity index (χ2n) is 4.67. The molecule has 0 atom stereocenters. The summed E-state index contributed by atoms with van der Waals surface area (Å²) in [7, 11) is 0. The minimum Gasteiger partial charge on any atom is -0.325 e. The molecule has 0 unspecified atom stereocenters. The smallest absolute Gasteiger partial charge is 0.212 e. The molecule has 0 radical (unpaired) electrons. The second kappa shape index (κ2) is 5.69. The average Bonchev–Trinajstić information content (AvgIpc) is 2.85. The van der Waals surface area contributed by atoms with Crippen LogP contribution in [0, 0.1) is 12.7 Å². The van der Waals surface area contributed by atoms with Crippen molar-refractivity contribution in [3.05, 3.63) is 70.7 Å². The van der Waals surface area contributed by atoms with Crippen LogP contribution in [-0.4, -0.2) is 9.55 Å². The third-order valence-corrected chi connectivity index (χ3v) is 3.64. The molecule has 0 spiro atoms. The maximum Gasteiger partial charge on any atom is 0.212 e. The maximum absolute atomic E-state index is 13.3. The fourth-order valence-corrected chi connectivity index (χ4v) is 2.45. The normalized spacial score (nSPS) is 10.6. The molecule has 0 saturated carbocycles. The number of rotatable bonds is 3. The lowest BCUT2D eigenvalue weighted by atomic mass is 10.3. The van der Waals surface area contributed by atoms with E-state index in [4.69, 9.17) is 0 Å². The summed E-state index contributed by atoms with van der Waals surface area (Å²) in [5.74, 6) is 0.403. The summed E-state index contributed by atoms with van der Waals surface area (Å²) in [5.41, 5.74) is 2.69. The fraction of sp³-hybridized carbons (Fsp3) is 0.0625. The molecule has 0 saturated heterocycles. The van der Waals surface area contributed by atoms with Crippen LogP contribution in [0.2, 0.25) is 0 Å². The standard InChI is InChI=1S/C16H13BrFN3/c1-11-10-21(13-5-3-2-4-6-13)16(19-11)20-12-7-8-15(18)14(17)9-12/h2-10H,1H3,(H,19,20). The molecular weight excluding hydrogens is 333 g/mol. The molecule has 2 aromatic carbocycles. The van der Waals surface area contributed by atoms with Gasteiger partial charge < -0.3 is 5.32 Å². The Morgan fingerprint density at radius 3 is 2.62 bits per heavy atom. The molecule has 5 heteroatoms. The monoisotopic (exact) mass is 345 g/mol. The largest absolute Gasteiger partial charge is 0.325 e. The Balaban J connectivity index is 1.97. The molecule has 3 nitrogen and oxygen atoms in total. The summed E-state index contributed by atoms with van der Waals surface area (Å²) >= 11 is 3.19. The molecule has 1 heterocycles. The predicted octanol–water partition coefficient (Wildman–Crippen LogP) is 4.83. The first kappa shape index (κ1) is 13.8. The van der Waals surface area contributed by atoms with Gasteiger partial charge in [-0.1, -0.05) is 18.2 Å². The van der Waals surface area contributed by atoms with Crippen LogP contribution < -0.4 is 5.32 Å². The summed E-state index contributed by atoms with van der Waals surface area (Å²) in [4.78, 5) is 4.48. The predicted molar refractivity (Wildman–Crippen MR) is 85.7 cm³/mol. The molecule has 3 rings (SSSR count). The number of nitrogens with one attached hydrogen (secondary N) is 1. The lowest BCUT2D eigenvalue weighted by Gasteiger charge is -2.10. The molecule has 0 amide bonds. The lowest BCUT2D eigenvalue weighted by Crippen LogP contribution is -2.01. The van der Waals surface area contributed by atoms with E-state index >= 15 is 0 Å². The van der Waals surface area contributed by atoms with Crippen LogP contribution in [-0.2, 0) is 0 Å². The summed E-state index contributed by atoms with van der Waals surface area (Å²) in [6, 6.07) is 14.7. The van der Waals surface area contributed by atoms with Gasteiger partial charge in [-0.2, -0.15) is 0 Å². The van der Waals surface area contributed by atoms with Crippen molar-refractivity contribution >= 4 is 27.6 Å². The van der Waals surface area contributed by atoms with Crippen molar-refractivity contribution in [3.63, 3.8) is 0 Å². The van der Waals surface area contributed by atoms with E-state index in [2.05, 4.69) is 26.2 Å². The molecule has 0 fully saturated rings. The Hall–Kier alpha value is -2.14. The van der Waals surface area contributed by atoms with Crippen LogP contribution in [0.1, 0.15) is 5.69 Å². The average molecular weight is 346 g/mol. The summed E-state index contributed by atoms with van der Waals surface area (Å²) in [6.07, 6.45) is 1.95. The van der Waals surface area contributed by atoms with Gasteiger partial charge in [-0.25, -0.2) is 9.37 Å². The van der Waals surface area contributed by atoms with E-state index in [0.29, 0.717) is 10.4 Å². The number of hydrogen-bond donors (Lipinski definition) is 1. The Morgan fingerprint density at radius 1 is 1.14 bits per heavy atom. The van der Waals surface area contributed by atoms with Crippen molar-refractivity contribution in [3.8, 4) is 5.69 Å². The number of imidazole rings is 1. The van der Waals surface area contributed by atoms with E-state index in [1.54, 1.807) is 12.1 Å². The molecule has 3 aromatic rings. The van der Waals surface area contributed by atoms with Crippen LogP contribution in [0.15, 0.2) is 59.2 Å². The molecule has 0 bridgehead atoms. The van der Waals surface area contributed by atoms with Gasteiger partial charge in [0.25, 0.3) is 0 Å². The van der Waals surface area contributed by atoms with Crippen molar-refractivity contribution in [2.45, 2.75) is 6.92 Å². The molecule has 1 aromatic heterocycles. The first-order valence-electron chi connectivity index (χ1n) is 6.47. The quantitative estimate of drug-likeness (QED) is 0.736. The topological polar surface area (TPSA) is 29.9 Å². The number of hydrogen-bond acceptors (Lipinski definition) is 2. The molecule has 0 aliphatic rings. The molecule has 21 heavy (non-hydrogen) atoms. The van der Waals surface area contributed by atoms with Gasteiger partial charge in [0, 0.05) is 17.6 Å². The van der Waals surface area contributed by atoms with E-state index < -0.39 is 0 Å². The first-order valence-corrected chi connectivity index (χ1v) is 7.26. The van der Waals surface area contributed by atoms with Gasteiger partial charge in [0.05, 0.1) is 10.2 Å². The molecular formula is C16H13BrFN3. The highest BCUT2D eigenvalue weighted by Crippen LogP contribution is 2.24. The van der Waals surface area contributed by atoms with E-state index in [9.17, 15) is 4.39 Å². The van der Waals surface area contributed by atoms with Crippen molar-refractivity contribution in [2.75, 3.05) is 5.32 Å². The zero-order valence-electron chi connectivity index (χ0n) is 11.3. The number of aryl methyl sites for hydroxylation is 1. The van der Waals surface area contributed by atoms with Gasteiger partial charge in [-0.15, -0.1) is 0 Å². The Morgan fingerprint density at radius 2 is 1.90 bits per heavy atom. The molecule has 0 aliphatic carbocycles. The fourth-order valence-electron chi connectivity index (χ4n) is 2.07. The summed E-state index contributed by atoms with van der Waals surface area (Å²) in [5, 5.41) is 3.22.